The molecule has 110 valence electrons. The number of rotatable bonds is 3. The number of carbonyl (C=O) groups excluding carboxylic acids is 2. The average molecular weight is 293 g/mol. The first kappa shape index (κ1) is 16.0. The van der Waals surface area contributed by atoms with E-state index in [9.17, 15) is 9.59 Å². The third kappa shape index (κ3) is 4.87. The maximum absolute atomic E-state index is 12.0. The Hall–Kier alpha value is -1.01. The topological polar surface area (TPSA) is 76.7 Å². The van der Waals surface area contributed by atoms with Crippen molar-refractivity contribution in [3.05, 3.63) is 0 Å². The molecule has 2 N–H and O–H groups in total. The molecule has 1 aliphatic heterocycles. The summed E-state index contributed by atoms with van der Waals surface area (Å²) in [5, 5.41) is 5.76. The SMILES string of the molecule is CC(C)(C)OC(=O)NC1(C(=O)OCCl)CCNCC1. The normalized spacial score (nSPS) is 18.5. The number of piperidine rings is 1. The van der Waals surface area contributed by atoms with Gasteiger partial charge in [0, 0.05) is 0 Å². The fraction of sp³-hybridized carbons (Fsp3) is 0.833. The maximum Gasteiger partial charge on any atom is 0.408 e. The number of halogens is 1. The van der Waals surface area contributed by atoms with Crippen LogP contribution in [0.5, 0.6) is 0 Å². The second-order valence-electron chi connectivity index (χ2n) is 5.50. The van der Waals surface area contributed by atoms with E-state index in [4.69, 9.17) is 21.1 Å². The van der Waals surface area contributed by atoms with Crippen LogP contribution >= 0.6 is 11.6 Å². The van der Waals surface area contributed by atoms with Crippen LogP contribution in [0.1, 0.15) is 33.6 Å². The van der Waals surface area contributed by atoms with Gasteiger partial charge in [-0.2, -0.15) is 0 Å². The number of ether oxygens (including phenoxy) is 2. The lowest BCUT2D eigenvalue weighted by Gasteiger charge is -2.36. The Labute approximate surface area is 118 Å². The summed E-state index contributed by atoms with van der Waals surface area (Å²) in [7, 11) is 0. The minimum atomic E-state index is -1.05. The molecule has 19 heavy (non-hydrogen) atoms. The van der Waals surface area contributed by atoms with Gasteiger partial charge < -0.3 is 20.1 Å². The molecule has 1 aliphatic rings. The molecule has 7 heteroatoms. The molecule has 0 unspecified atom stereocenters. The molecule has 0 aliphatic carbocycles. The van der Waals surface area contributed by atoms with Gasteiger partial charge >= 0.3 is 12.1 Å². The van der Waals surface area contributed by atoms with Crippen LogP contribution in [0.15, 0.2) is 0 Å². The largest absolute Gasteiger partial charge is 0.448 e. The highest BCUT2D eigenvalue weighted by atomic mass is 35.5. The molecular weight excluding hydrogens is 272 g/mol. The molecule has 0 radical (unpaired) electrons. The van der Waals surface area contributed by atoms with Gasteiger partial charge in [-0.05, 0) is 46.7 Å². The van der Waals surface area contributed by atoms with Crippen molar-refractivity contribution in [3.63, 3.8) is 0 Å². The maximum atomic E-state index is 12.0. The fourth-order valence-electron chi connectivity index (χ4n) is 1.92. The van der Waals surface area contributed by atoms with E-state index in [-0.39, 0.29) is 6.07 Å². The van der Waals surface area contributed by atoms with Gasteiger partial charge in [0.2, 0.25) is 0 Å². The number of esters is 1. The zero-order valence-electron chi connectivity index (χ0n) is 11.5. The Morgan fingerprint density at radius 3 is 2.37 bits per heavy atom. The van der Waals surface area contributed by atoms with Gasteiger partial charge in [0.1, 0.15) is 11.1 Å². The highest BCUT2D eigenvalue weighted by Crippen LogP contribution is 2.21. The fourth-order valence-corrected chi connectivity index (χ4v) is 2.02. The molecule has 0 aromatic rings. The molecule has 1 heterocycles. The molecule has 0 aromatic carbocycles. The molecule has 0 spiro atoms. The van der Waals surface area contributed by atoms with Gasteiger partial charge in [-0.15, -0.1) is 0 Å². The van der Waals surface area contributed by atoms with Crippen LogP contribution in [0.3, 0.4) is 0 Å². The third-order valence-corrected chi connectivity index (χ3v) is 2.88. The quantitative estimate of drug-likeness (QED) is 0.607. The van der Waals surface area contributed by atoms with Crippen LogP contribution in [0.4, 0.5) is 4.79 Å². The predicted octanol–water partition coefficient (Wildman–Crippen LogP) is 1.37. The van der Waals surface area contributed by atoms with Crippen LogP contribution in [-0.2, 0) is 14.3 Å². The molecule has 1 saturated heterocycles. The summed E-state index contributed by atoms with van der Waals surface area (Å²) < 4.78 is 10.0. The molecular formula is C12H21ClN2O4. The lowest BCUT2D eigenvalue weighted by Crippen LogP contribution is -2.60. The van der Waals surface area contributed by atoms with Gasteiger partial charge in [0.15, 0.2) is 6.07 Å². The summed E-state index contributed by atoms with van der Waals surface area (Å²) in [6.45, 7) is 6.52. The number of alkyl halides is 1. The van der Waals surface area contributed by atoms with Crippen molar-refractivity contribution in [2.24, 2.45) is 0 Å². The van der Waals surface area contributed by atoms with Gasteiger partial charge in [-0.3, -0.25) is 0 Å². The molecule has 0 saturated carbocycles. The van der Waals surface area contributed by atoms with E-state index in [0.717, 1.165) is 0 Å². The number of carbonyl (C=O) groups is 2. The van der Waals surface area contributed by atoms with Crippen molar-refractivity contribution >= 4 is 23.7 Å². The molecule has 0 atom stereocenters. The molecule has 1 rings (SSSR count). The predicted molar refractivity (Wildman–Crippen MR) is 71.0 cm³/mol. The number of hydrogen-bond donors (Lipinski definition) is 2. The average Bonchev–Trinajstić information content (AvgIpc) is 2.27. The van der Waals surface area contributed by atoms with Gasteiger partial charge in [0.25, 0.3) is 0 Å². The highest BCUT2D eigenvalue weighted by Gasteiger charge is 2.43. The molecule has 1 fully saturated rings. The summed E-state index contributed by atoms with van der Waals surface area (Å²) in [5.41, 5.74) is -1.67. The minimum absolute atomic E-state index is 0.232. The standard InChI is InChI=1S/C12H21ClN2O4/c1-11(2,3)19-10(17)15-12(9(16)18-8-13)4-6-14-7-5-12/h14H,4-8H2,1-3H3,(H,15,17). The Kier molecular flexibility index (Phi) is 5.43. The van der Waals surface area contributed by atoms with E-state index in [1.54, 1.807) is 20.8 Å². The first-order chi connectivity index (χ1) is 8.79. The van der Waals surface area contributed by atoms with E-state index in [0.29, 0.717) is 25.9 Å². The summed E-state index contributed by atoms with van der Waals surface area (Å²) in [4.78, 5) is 23.9. The van der Waals surface area contributed by atoms with Crippen molar-refractivity contribution in [2.45, 2.75) is 44.8 Å². The number of amides is 1. The summed E-state index contributed by atoms with van der Waals surface area (Å²) in [6, 6.07) is -0.232. The Morgan fingerprint density at radius 2 is 1.89 bits per heavy atom. The molecule has 0 aromatic heterocycles. The Morgan fingerprint density at radius 1 is 1.32 bits per heavy atom. The first-order valence-corrected chi connectivity index (χ1v) is 6.78. The molecule has 1 amide bonds. The number of hydrogen-bond acceptors (Lipinski definition) is 5. The van der Waals surface area contributed by atoms with Crippen molar-refractivity contribution in [3.8, 4) is 0 Å². The monoisotopic (exact) mass is 292 g/mol. The van der Waals surface area contributed by atoms with Crippen molar-refractivity contribution in [1.29, 1.82) is 0 Å². The number of alkyl carbamates (subject to hydrolysis) is 1. The second kappa shape index (κ2) is 6.43. The van der Waals surface area contributed by atoms with E-state index >= 15 is 0 Å². The first-order valence-electron chi connectivity index (χ1n) is 6.24. The van der Waals surface area contributed by atoms with Crippen molar-refractivity contribution in [2.75, 3.05) is 19.2 Å². The minimum Gasteiger partial charge on any atom is -0.448 e. The lowest BCUT2D eigenvalue weighted by molar-refractivity contribution is -0.150. The lowest BCUT2D eigenvalue weighted by atomic mass is 9.88. The smallest absolute Gasteiger partial charge is 0.408 e. The van der Waals surface area contributed by atoms with Gasteiger partial charge in [-0.1, -0.05) is 11.6 Å². The van der Waals surface area contributed by atoms with Crippen LogP contribution in [0, 0.1) is 0 Å². The van der Waals surface area contributed by atoms with E-state index < -0.39 is 23.2 Å². The summed E-state index contributed by atoms with van der Waals surface area (Å²) >= 11 is 5.42. The summed E-state index contributed by atoms with van der Waals surface area (Å²) in [5.74, 6) is -0.519. The van der Waals surface area contributed by atoms with Crippen LogP contribution in [-0.4, -0.2) is 42.4 Å². The van der Waals surface area contributed by atoms with E-state index in [1.807, 2.05) is 0 Å². The van der Waals surface area contributed by atoms with Crippen molar-refractivity contribution < 1.29 is 19.1 Å². The van der Waals surface area contributed by atoms with Gasteiger partial charge in [-0.25, -0.2) is 9.59 Å². The van der Waals surface area contributed by atoms with Gasteiger partial charge in [0.05, 0.1) is 0 Å². The third-order valence-electron chi connectivity index (χ3n) is 2.77. The Bertz CT molecular complexity index is 335. The molecule has 0 bridgehead atoms. The zero-order chi connectivity index (χ0) is 14.5. The second-order valence-corrected chi connectivity index (χ2v) is 5.72. The van der Waals surface area contributed by atoms with Crippen LogP contribution < -0.4 is 10.6 Å². The number of nitrogens with one attached hydrogen (secondary N) is 2. The van der Waals surface area contributed by atoms with Crippen LogP contribution in [0.2, 0.25) is 0 Å². The van der Waals surface area contributed by atoms with Crippen LogP contribution in [0.25, 0.3) is 0 Å². The zero-order valence-corrected chi connectivity index (χ0v) is 12.3. The van der Waals surface area contributed by atoms with E-state index in [1.165, 1.54) is 0 Å². The molecule has 6 nitrogen and oxygen atoms in total. The van der Waals surface area contributed by atoms with Crippen molar-refractivity contribution in [1.82, 2.24) is 10.6 Å². The highest BCUT2D eigenvalue weighted by molar-refractivity contribution is 6.17. The Balaban J connectivity index is 2.74. The van der Waals surface area contributed by atoms with E-state index in [2.05, 4.69) is 10.6 Å². The summed E-state index contributed by atoms with van der Waals surface area (Å²) in [6.07, 6.45) is 0.269.